The second-order valence-electron chi connectivity index (χ2n) is 7.10. The average molecular weight is 372 g/mol. The van der Waals surface area contributed by atoms with Crippen LogP contribution < -0.4 is 4.31 Å². The van der Waals surface area contributed by atoms with Crippen LogP contribution in [-0.2, 0) is 23.0 Å². The molecule has 1 amide bonds. The van der Waals surface area contributed by atoms with Gasteiger partial charge >= 0.3 is 0 Å². The van der Waals surface area contributed by atoms with Crippen molar-refractivity contribution in [3.63, 3.8) is 0 Å². The van der Waals surface area contributed by atoms with Crippen molar-refractivity contribution in [2.45, 2.75) is 32.9 Å². The van der Waals surface area contributed by atoms with Crippen LogP contribution in [0.15, 0.2) is 42.5 Å². The van der Waals surface area contributed by atoms with E-state index in [0.717, 1.165) is 11.1 Å². The van der Waals surface area contributed by atoms with Crippen LogP contribution in [0.25, 0.3) is 0 Å². The fraction of sp³-hybridized carbons (Fsp3) is 0.350. The van der Waals surface area contributed by atoms with Crippen molar-refractivity contribution >= 4 is 21.6 Å². The molecule has 1 aliphatic heterocycles. The maximum Gasteiger partial charge on any atom is 0.253 e. The number of benzene rings is 2. The zero-order valence-electron chi connectivity index (χ0n) is 15.6. The third kappa shape index (κ3) is 3.60. The van der Waals surface area contributed by atoms with Crippen LogP contribution in [0.1, 0.15) is 34.0 Å². The van der Waals surface area contributed by atoms with E-state index in [0.29, 0.717) is 24.2 Å². The average Bonchev–Trinajstić information content (AvgIpc) is 2.91. The first-order valence-electron chi connectivity index (χ1n) is 8.60. The molecule has 138 valence electrons. The van der Waals surface area contributed by atoms with Crippen LogP contribution in [0.2, 0.25) is 0 Å². The smallest absolute Gasteiger partial charge is 0.253 e. The van der Waals surface area contributed by atoms with E-state index in [4.69, 9.17) is 0 Å². The largest absolute Gasteiger partial charge is 0.337 e. The first-order valence-corrected chi connectivity index (χ1v) is 10.4. The molecule has 0 aliphatic carbocycles. The second-order valence-corrected chi connectivity index (χ2v) is 8.96. The van der Waals surface area contributed by atoms with Crippen LogP contribution in [0.4, 0.5) is 5.69 Å². The molecule has 26 heavy (non-hydrogen) atoms. The topological polar surface area (TPSA) is 57.7 Å². The van der Waals surface area contributed by atoms with Crippen molar-refractivity contribution in [1.82, 2.24) is 4.90 Å². The zero-order valence-corrected chi connectivity index (χ0v) is 16.4. The van der Waals surface area contributed by atoms with Gasteiger partial charge in [-0.1, -0.05) is 29.8 Å². The quantitative estimate of drug-likeness (QED) is 0.829. The van der Waals surface area contributed by atoms with E-state index < -0.39 is 10.0 Å². The van der Waals surface area contributed by atoms with Crippen molar-refractivity contribution in [2.24, 2.45) is 0 Å². The molecule has 0 aromatic heterocycles. The highest BCUT2D eigenvalue weighted by Gasteiger charge is 2.33. The Bertz CT molecular complexity index is 936. The van der Waals surface area contributed by atoms with Gasteiger partial charge in [0.2, 0.25) is 10.0 Å². The number of nitrogens with zero attached hydrogens (tertiary/aromatic N) is 2. The molecular weight excluding hydrogens is 348 g/mol. The lowest BCUT2D eigenvalue weighted by Crippen LogP contribution is -2.34. The Morgan fingerprint density at radius 1 is 1.19 bits per heavy atom. The molecule has 0 N–H and O–H groups in total. The molecule has 0 fully saturated rings. The maximum atomic E-state index is 12.8. The van der Waals surface area contributed by atoms with Crippen molar-refractivity contribution in [3.05, 3.63) is 64.7 Å². The number of carbonyl (C=O) groups is 1. The minimum Gasteiger partial charge on any atom is -0.337 e. The Balaban J connectivity index is 1.81. The highest BCUT2D eigenvalue weighted by atomic mass is 32.2. The third-order valence-corrected chi connectivity index (χ3v) is 6.00. The number of hydrogen-bond acceptors (Lipinski definition) is 3. The minimum atomic E-state index is -3.32. The standard InChI is InChI=1S/C20H24N2O3S/c1-14-5-7-16(8-6-14)13-21(3)20(23)17-9-10-19-18(12-17)11-15(2)22(19)26(4,24)25/h5-10,12,15H,11,13H2,1-4H3/t15-/m0/s1. The van der Waals surface area contributed by atoms with Gasteiger partial charge in [-0.2, -0.15) is 0 Å². The summed E-state index contributed by atoms with van der Waals surface area (Å²) in [6, 6.07) is 13.3. The first-order chi connectivity index (χ1) is 12.2. The fourth-order valence-corrected chi connectivity index (χ4v) is 4.76. The maximum absolute atomic E-state index is 12.8. The van der Waals surface area contributed by atoms with Gasteiger partial charge in [0.15, 0.2) is 0 Å². The van der Waals surface area contributed by atoms with Gasteiger partial charge in [0, 0.05) is 25.2 Å². The van der Waals surface area contributed by atoms with Gasteiger partial charge in [0.1, 0.15) is 0 Å². The summed E-state index contributed by atoms with van der Waals surface area (Å²) >= 11 is 0. The molecule has 0 spiro atoms. The highest BCUT2D eigenvalue weighted by Crippen LogP contribution is 2.34. The van der Waals surface area contributed by atoms with Crippen LogP contribution in [-0.4, -0.2) is 38.6 Å². The number of sulfonamides is 1. The summed E-state index contributed by atoms with van der Waals surface area (Å²) in [6.07, 6.45) is 1.83. The molecule has 0 radical (unpaired) electrons. The number of anilines is 1. The number of carbonyl (C=O) groups excluding carboxylic acids is 1. The van der Waals surface area contributed by atoms with E-state index in [1.54, 1.807) is 24.1 Å². The Morgan fingerprint density at radius 3 is 2.46 bits per heavy atom. The van der Waals surface area contributed by atoms with Gasteiger partial charge in [0.05, 0.1) is 11.9 Å². The molecular formula is C20H24N2O3S. The highest BCUT2D eigenvalue weighted by molar-refractivity contribution is 7.92. The van der Waals surface area contributed by atoms with Gasteiger partial charge in [-0.05, 0) is 49.6 Å². The minimum absolute atomic E-state index is 0.0705. The number of hydrogen-bond donors (Lipinski definition) is 0. The van der Waals surface area contributed by atoms with Gasteiger partial charge in [-0.15, -0.1) is 0 Å². The third-order valence-electron chi connectivity index (χ3n) is 4.72. The molecule has 5 nitrogen and oxygen atoms in total. The predicted molar refractivity (Wildman–Crippen MR) is 104 cm³/mol. The number of fused-ring (bicyclic) bond motifs is 1. The second kappa shape index (κ2) is 6.76. The van der Waals surface area contributed by atoms with Gasteiger partial charge in [0.25, 0.3) is 5.91 Å². The van der Waals surface area contributed by atoms with Crippen LogP contribution in [0, 0.1) is 6.92 Å². The summed E-state index contributed by atoms with van der Waals surface area (Å²) in [6.45, 7) is 4.44. The van der Waals surface area contributed by atoms with E-state index in [-0.39, 0.29) is 11.9 Å². The molecule has 0 saturated heterocycles. The Morgan fingerprint density at radius 2 is 1.85 bits per heavy atom. The molecule has 0 unspecified atom stereocenters. The zero-order chi connectivity index (χ0) is 19.1. The fourth-order valence-electron chi connectivity index (χ4n) is 3.50. The van der Waals surface area contributed by atoms with Crippen LogP contribution >= 0.6 is 0 Å². The van der Waals surface area contributed by atoms with Crippen LogP contribution in [0.5, 0.6) is 0 Å². The Kier molecular flexibility index (Phi) is 4.80. The summed E-state index contributed by atoms with van der Waals surface area (Å²) in [5.41, 5.74) is 4.42. The number of rotatable bonds is 4. The summed E-state index contributed by atoms with van der Waals surface area (Å²) < 4.78 is 25.5. The van der Waals surface area contributed by atoms with Gasteiger partial charge < -0.3 is 4.90 Å². The van der Waals surface area contributed by atoms with Gasteiger partial charge in [-0.25, -0.2) is 8.42 Å². The SMILES string of the molecule is Cc1ccc(CN(C)C(=O)c2ccc3c(c2)C[C@H](C)N3S(C)(=O)=O)cc1. The number of amides is 1. The normalized spacial score (nSPS) is 16.5. The van der Waals surface area contributed by atoms with Crippen molar-refractivity contribution < 1.29 is 13.2 Å². The molecule has 6 heteroatoms. The first kappa shape index (κ1) is 18.5. The monoisotopic (exact) mass is 372 g/mol. The molecule has 1 atom stereocenters. The summed E-state index contributed by atoms with van der Waals surface area (Å²) in [5, 5.41) is 0. The summed E-state index contributed by atoms with van der Waals surface area (Å²) in [5.74, 6) is -0.0705. The van der Waals surface area contributed by atoms with Crippen molar-refractivity contribution in [1.29, 1.82) is 0 Å². The molecule has 0 saturated carbocycles. The molecule has 2 aromatic rings. The predicted octanol–water partition coefficient (Wildman–Crippen LogP) is 2.98. The van der Waals surface area contributed by atoms with E-state index in [1.165, 1.54) is 16.1 Å². The lowest BCUT2D eigenvalue weighted by molar-refractivity contribution is 0.0785. The molecule has 1 heterocycles. The molecule has 2 aromatic carbocycles. The van der Waals surface area contributed by atoms with Crippen LogP contribution in [0.3, 0.4) is 0 Å². The van der Waals surface area contributed by atoms with Gasteiger partial charge in [-0.3, -0.25) is 9.10 Å². The number of aryl methyl sites for hydroxylation is 1. The van der Waals surface area contributed by atoms with E-state index in [9.17, 15) is 13.2 Å². The summed E-state index contributed by atoms with van der Waals surface area (Å²) in [4.78, 5) is 14.4. The molecule has 1 aliphatic rings. The van der Waals surface area contributed by atoms with Crippen molar-refractivity contribution in [2.75, 3.05) is 17.6 Å². The Labute approximate surface area is 155 Å². The lowest BCUT2D eigenvalue weighted by Gasteiger charge is -2.22. The van der Waals surface area contributed by atoms with E-state index >= 15 is 0 Å². The molecule has 3 rings (SSSR count). The lowest BCUT2D eigenvalue weighted by atomic mass is 10.1. The van der Waals surface area contributed by atoms with E-state index in [1.807, 2.05) is 44.2 Å². The Hall–Kier alpha value is -2.34. The van der Waals surface area contributed by atoms with Crippen molar-refractivity contribution in [3.8, 4) is 0 Å². The molecule has 0 bridgehead atoms. The summed E-state index contributed by atoms with van der Waals surface area (Å²) in [7, 11) is -1.54. The van der Waals surface area contributed by atoms with E-state index in [2.05, 4.69) is 0 Å².